The number of nitrogens with zero attached hydrogens (tertiary/aromatic N) is 1. The first kappa shape index (κ1) is 22.6. The second-order valence-electron chi connectivity index (χ2n) is 7.75. The van der Waals surface area contributed by atoms with Crippen molar-refractivity contribution < 1.29 is 14.4 Å². The number of hydrogen-bond acceptors (Lipinski definition) is 3. The van der Waals surface area contributed by atoms with Crippen molar-refractivity contribution in [2.45, 2.75) is 45.1 Å². The van der Waals surface area contributed by atoms with Crippen LogP contribution in [-0.4, -0.2) is 27.5 Å². The largest absolute Gasteiger partial charge is 0.325 e. The summed E-state index contributed by atoms with van der Waals surface area (Å²) in [6, 6.07) is 19.1. The van der Waals surface area contributed by atoms with Crippen LogP contribution in [0.15, 0.2) is 60.8 Å². The number of fused-ring (bicyclic) bond motifs is 1. The molecule has 0 saturated heterocycles. The summed E-state index contributed by atoms with van der Waals surface area (Å²) in [5.74, 6) is 0. The summed E-state index contributed by atoms with van der Waals surface area (Å²) in [5.41, 5.74) is 4.88. The van der Waals surface area contributed by atoms with Crippen molar-refractivity contribution in [3.05, 3.63) is 77.5 Å². The minimum atomic E-state index is -3.91. The lowest BCUT2D eigenvalue weighted by Crippen LogP contribution is -2.16. The normalized spacial score (nSPS) is 11.8. The zero-order chi connectivity index (χ0) is 21.2. The van der Waals surface area contributed by atoms with Crippen LogP contribution in [0.1, 0.15) is 42.4 Å². The molecule has 5 nitrogen and oxygen atoms in total. The number of aryl methyl sites for hydroxylation is 2. The number of benzene rings is 2. The fraction of sp³-hybridized carbons (Fsp3) is 0.375. The number of hydrogen-bond donors (Lipinski definition) is 3. The average molecular weight is 426 g/mol. The van der Waals surface area contributed by atoms with Gasteiger partial charge in [-0.15, -0.1) is 0 Å². The predicted molar refractivity (Wildman–Crippen MR) is 123 cm³/mol. The lowest BCUT2D eigenvalue weighted by atomic mass is 9.98. The highest BCUT2D eigenvalue weighted by Gasteiger charge is 2.11. The molecule has 0 aliphatic rings. The van der Waals surface area contributed by atoms with Crippen LogP contribution in [0.5, 0.6) is 0 Å². The molecule has 0 amide bonds. The van der Waals surface area contributed by atoms with Crippen LogP contribution >= 0.6 is 7.60 Å². The van der Waals surface area contributed by atoms with E-state index < -0.39 is 7.60 Å². The summed E-state index contributed by atoms with van der Waals surface area (Å²) in [6.07, 6.45) is 7.96. The summed E-state index contributed by atoms with van der Waals surface area (Å²) in [7, 11) is -3.91. The first-order valence-electron chi connectivity index (χ1n) is 10.7. The molecule has 3 N–H and O–H groups in total. The van der Waals surface area contributed by atoms with Gasteiger partial charge in [-0.25, -0.2) is 0 Å². The van der Waals surface area contributed by atoms with Crippen LogP contribution in [0.2, 0.25) is 0 Å². The van der Waals surface area contributed by atoms with E-state index in [1.807, 2.05) is 12.3 Å². The Morgan fingerprint density at radius 2 is 1.60 bits per heavy atom. The molecule has 0 aliphatic heterocycles. The van der Waals surface area contributed by atoms with Gasteiger partial charge in [-0.05, 0) is 61.4 Å². The van der Waals surface area contributed by atoms with Gasteiger partial charge in [0.05, 0.1) is 11.7 Å². The number of aromatic nitrogens is 1. The van der Waals surface area contributed by atoms with E-state index in [0.717, 1.165) is 30.3 Å². The van der Waals surface area contributed by atoms with Crippen LogP contribution in [0.3, 0.4) is 0 Å². The van der Waals surface area contributed by atoms with Gasteiger partial charge in [0.15, 0.2) is 0 Å². The zero-order valence-electron chi connectivity index (χ0n) is 17.3. The third-order valence-electron chi connectivity index (χ3n) is 5.32. The number of nitrogens with one attached hydrogen (secondary N) is 1. The van der Waals surface area contributed by atoms with Gasteiger partial charge >= 0.3 is 7.60 Å². The second-order valence-corrected chi connectivity index (χ2v) is 9.52. The Morgan fingerprint density at radius 1 is 0.833 bits per heavy atom. The Hall–Kier alpha value is -2.04. The van der Waals surface area contributed by atoms with Gasteiger partial charge in [-0.2, -0.15) is 0 Å². The lowest BCUT2D eigenvalue weighted by molar-refractivity contribution is 0.371. The van der Waals surface area contributed by atoms with E-state index >= 15 is 0 Å². The van der Waals surface area contributed by atoms with E-state index in [1.165, 1.54) is 29.4 Å². The van der Waals surface area contributed by atoms with Crippen LogP contribution in [0.25, 0.3) is 10.9 Å². The summed E-state index contributed by atoms with van der Waals surface area (Å²) in [5, 5.41) is 4.48. The highest BCUT2D eigenvalue weighted by Crippen LogP contribution is 2.34. The van der Waals surface area contributed by atoms with Crippen LogP contribution < -0.4 is 5.32 Å². The van der Waals surface area contributed by atoms with Crippen molar-refractivity contribution in [3.63, 3.8) is 0 Å². The molecule has 0 spiro atoms. The molecule has 0 unspecified atom stereocenters. The first-order valence-corrected chi connectivity index (χ1v) is 12.5. The third kappa shape index (κ3) is 7.33. The van der Waals surface area contributed by atoms with Crippen molar-refractivity contribution in [1.82, 2.24) is 10.3 Å². The lowest BCUT2D eigenvalue weighted by Gasteiger charge is -2.12. The molecule has 1 aromatic heterocycles. The minimum Gasteiger partial charge on any atom is -0.324 e. The topological polar surface area (TPSA) is 82.5 Å². The molecular weight excluding hydrogens is 395 g/mol. The Balaban J connectivity index is 1.51. The molecule has 0 bridgehead atoms. The Kier molecular flexibility index (Phi) is 8.59. The molecule has 3 aromatic rings. The van der Waals surface area contributed by atoms with Gasteiger partial charge in [0.2, 0.25) is 0 Å². The van der Waals surface area contributed by atoms with Crippen molar-refractivity contribution in [2.75, 3.05) is 12.7 Å². The van der Waals surface area contributed by atoms with Crippen molar-refractivity contribution >= 4 is 18.5 Å². The molecule has 0 saturated carbocycles. The molecule has 2 aromatic carbocycles. The molecule has 0 aliphatic carbocycles. The summed E-state index contributed by atoms with van der Waals surface area (Å²) < 4.78 is 10.9. The van der Waals surface area contributed by atoms with Crippen molar-refractivity contribution in [1.29, 1.82) is 0 Å². The van der Waals surface area contributed by atoms with E-state index in [-0.39, 0.29) is 6.16 Å². The van der Waals surface area contributed by atoms with E-state index in [2.05, 4.69) is 58.8 Å². The molecule has 0 radical (unpaired) electrons. The summed E-state index contributed by atoms with van der Waals surface area (Å²) in [6.45, 7) is 1.22. The zero-order valence-corrected chi connectivity index (χ0v) is 18.2. The molecule has 160 valence electrons. The van der Waals surface area contributed by atoms with Gasteiger partial charge in [-0.3, -0.25) is 9.55 Å². The molecule has 6 heteroatoms. The maximum absolute atomic E-state index is 10.9. The van der Waals surface area contributed by atoms with Gasteiger partial charge in [0.25, 0.3) is 0 Å². The maximum atomic E-state index is 10.9. The Morgan fingerprint density at radius 3 is 2.40 bits per heavy atom. The van der Waals surface area contributed by atoms with Crippen LogP contribution in [0, 0.1) is 0 Å². The van der Waals surface area contributed by atoms with E-state index in [4.69, 9.17) is 9.79 Å². The van der Waals surface area contributed by atoms with Crippen molar-refractivity contribution in [2.24, 2.45) is 0 Å². The first-order chi connectivity index (χ1) is 14.5. The fourth-order valence-corrected chi connectivity index (χ4v) is 4.32. The quantitative estimate of drug-likeness (QED) is 0.285. The number of pyridine rings is 1. The smallest absolute Gasteiger partial charge is 0.324 e. The number of unbranched alkanes of at least 4 members (excludes halogenated alkanes) is 2. The van der Waals surface area contributed by atoms with Crippen LogP contribution in [0.4, 0.5) is 0 Å². The second kappa shape index (κ2) is 11.4. The maximum Gasteiger partial charge on any atom is 0.325 e. The number of rotatable bonds is 12. The highest BCUT2D eigenvalue weighted by molar-refractivity contribution is 7.51. The van der Waals surface area contributed by atoms with E-state index in [0.29, 0.717) is 19.5 Å². The third-order valence-corrected chi connectivity index (χ3v) is 6.22. The Labute approximate surface area is 178 Å². The SMILES string of the molecule is O=P(O)(O)CCCNCc1ccc(CCCCCc2ccccc2)c2cccnc12. The van der Waals surface area contributed by atoms with Crippen molar-refractivity contribution in [3.8, 4) is 0 Å². The fourth-order valence-electron chi connectivity index (χ4n) is 3.75. The standard InChI is InChI=1S/C24H31N2O3P/c27-30(28,29)18-8-16-25-19-22-15-14-21(23-13-7-17-26-24(22)23)12-6-2-5-11-20-9-3-1-4-10-20/h1,3-4,7,9-10,13-15,17,25H,2,5-6,8,11-12,16,18-19H2,(H2,27,28,29). The van der Waals surface area contributed by atoms with E-state index in [1.54, 1.807) is 0 Å². The molecule has 3 rings (SSSR count). The van der Waals surface area contributed by atoms with Crippen LogP contribution in [-0.2, 0) is 24.0 Å². The average Bonchev–Trinajstić information content (AvgIpc) is 2.74. The molecule has 0 fully saturated rings. The van der Waals surface area contributed by atoms with Gasteiger partial charge in [0, 0.05) is 18.1 Å². The Bertz CT molecular complexity index is 973. The molecule has 0 atom stereocenters. The monoisotopic (exact) mass is 426 g/mol. The van der Waals surface area contributed by atoms with E-state index in [9.17, 15) is 4.57 Å². The summed E-state index contributed by atoms with van der Waals surface area (Å²) in [4.78, 5) is 22.5. The van der Waals surface area contributed by atoms with Gasteiger partial charge in [0.1, 0.15) is 0 Å². The van der Waals surface area contributed by atoms with Gasteiger partial charge in [-0.1, -0.05) is 55.0 Å². The predicted octanol–water partition coefficient (Wildman–Crippen LogP) is 4.85. The summed E-state index contributed by atoms with van der Waals surface area (Å²) >= 11 is 0. The minimum absolute atomic E-state index is 0.0811. The molecule has 30 heavy (non-hydrogen) atoms. The molecule has 1 heterocycles. The van der Waals surface area contributed by atoms with Gasteiger partial charge < -0.3 is 15.1 Å². The highest BCUT2D eigenvalue weighted by atomic mass is 31.2. The molecular formula is C24H31N2O3P.